The SMILES string of the molecule is CC(C)(N)CC(C)(C(=O)OCC1COC2(CCCCC2)O1)C(C)(C)C. The number of carbonyl (C=O) groups is 1. The summed E-state index contributed by atoms with van der Waals surface area (Å²) in [6, 6.07) is 0. The number of nitrogens with two attached hydrogens (primary N) is 1. The monoisotopic (exact) mass is 355 g/mol. The number of rotatable bonds is 5. The lowest BCUT2D eigenvalue weighted by Gasteiger charge is -2.43. The summed E-state index contributed by atoms with van der Waals surface area (Å²) in [5, 5.41) is 0. The lowest BCUT2D eigenvalue weighted by Crippen LogP contribution is -2.49. The third-order valence-corrected chi connectivity index (χ3v) is 5.84. The van der Waals surface area contributed by atoms with Crippen molar-refractivity contribution < 1.29 is 19.0 Å². The Bertz CT molecular complexity index is 471. The standard InChI is InChI=1S/C20H37NO4/c1-17(2,3)19(6,14-18(4,5)21)16(22)23-12-15-13-24-20(25-15)10-8-7-9-11-20/h15H,7-14,21H2,1-6H3. The van der Waals surface area contributed by atoms with Gasteiger partial charge in [-0.15, -0.1) is 0 Å². The summed E-state index contributed by atoms with van der Waals surface area (Å²) in [5.41, 5.74) is 4.86. The maximum absolute atomic E-state index is 12.9. The van der Waals surface area contributed by atoms with E-state index < -0.39 is 16.7 Å². The minimum atomic E-state index is -0.659. The van der Waals surface area contributed by atoms with Gasteiger partial charge in [0.15, 0.2) is 5.79 Å². The predicted molar refractivity (Wildman–Crippen MR) is 98.0 cm³/mol. The maximum Gasteiger partial charge on any atom is 0.312 e. The molecule has 2 aliphatic rings. The van der Waals surface area contributed by atoms with E-state index in [2.05, 4.69) is 20.8 Å². The Morgan fingerprint density at radius 2 is 1.72 bits per heavy atom. The predicted octanol–water partition coefficient (Wildman–Crippen LogP) is 3.79. The van der Waals surface area contributed by atoms with E-state index in [1.165, 1.54) is 6.42 Å². The first-order valence-corrected chi connectivity index (χ1v) is 9.65. The van der Waals surface area contributed by atoms with E-state index in [0.717, 1.165) is 25.7 Å². The average Bonchev–Trinajstić information content (AvgIpc) is 2.85. The number of carbonyl (C=O) groups excluding carboxylic acids is 1. The van der Waals surface area contributed by atoms with Gasteiger partial charge in [-0.2, -0.15) is 0 Å². The van der Waals surface area contributed by atoms with Gasteiger partial charge in [0.2, 0.25) is 0 Å². The molecule has 0 aromatic rings. The van der Waals surface area contributed by atoms with E-state index in [0.29, 0.717) is 13.0 Å². The Balaban J connectivity index is 1.95. The molecular weight excluding hydrogens is 318 g/mol. The van der Waals surface area contributed by atoms with Gasteiger partial charge in [-0.05, 0) is 45.4 Å². The van der Waals surface area contributed by atoms with Crippen LogP contribution in [0.15, 0.2) is 0 Å². The lowest BCUT2D eigenvalue weighted by molar-refractivity contribution is -0.195. The second-order valence-electron chi connectivity index (χ2n) is 9.87. The first-order valence-electron chi connectivity index (χ1n) is 9.65. The van der Waals surface area contributed by atoms with Crippen LogP contribution in [0.3, 0.4) is 0 Å². The minimum absolute atomic E-state index is 0.169. The van der Waals surface area contributed by atoms with Crippen molar-refractivity contribution in [3.63, 3.8) is 0 Å². The van der Waals surface area contributed by atoms with Crippen molar-refractivity contribution in [3.8, 4) is 0 Å². The fourth-order valence-corrected chi connectivity index (χ4v) is 3.93. The Kier molecular flexibility index (Phi) is 5.92. The van der Waals surface area contributed by atoms with Gasteiger partial charge in [0.1, 0.15) is 12.7 Å². The first kappa shape index (κ1) is 20.7. The molecule has 0 amide bonds. The lowest BCUT2D eigenvalue weighted by atomic mass is 9.63. The van der Waals surface area contributed by atoms with Crippen LogP contribution in [0.25, 0.3) is 0 Å². The van der Waals surface area contributed by atoms with Crippen LogP contribution in [0.1, 0.15) is 80.1 Å². The van der Waals surface area contributed by atoms with Crippen molar-refractivity contribution >= 4 is 5.97 Å². The molecule has 2 unspecified atom stereocenters. The number of hydrogen-bond donors (Lipinski definition) is 1. The van der Waals surface area contributed by atoms with Crippen molar-refractivity contribution in [2.24, 2.45) is 16.6 Å². The van der Waals surface area contributed by atoms with Crippen LogP contribution in [0, 0.1) is 10.8 Å². The molecule has 1 saturated heterocycles. The second kappa shape index (κ2) is 7.16. The third kappa shape index (κ3) is 4.95. The molecule has 2 rings (SSSR count). The molecule has 1 saturated carbocycles. The van der Waals surface area contributed by atoms with E-state index >= 15 is 0 Å². The molecule has 0 bridgehead atoms. The molecule has 146 valence electrons. The molecule has 0 aromatic heterocycles. The van der Waals surface area contributed by atoms with Crippen molar-refractivity contribution in [3.05, 3.63) is 0 Å². The van der Waals surface area contributed by atoms with E-state index in [-0.39, 0.29) is 24.1 Å². The van der Waals surface area contributed by atoms with Crippen molar-refractivity contribution in [2.75, 3.05) is 13.2 Å². The molecule has 5 nitrogen and oxygen atoms in total. The van der Waals surface area contributed by atoms with E-state index in [1.807, 2.05) is 20.8 Å². The summed E-state index contributed by atoms with van der Waals surface area (Å²) in [6.07, 6.45) is 5.80. The second-order valence-corrected chi connectivity index (χ2v) is 9.87. The van der Waals surface area contributed by atoms with E-state index in [1.54, 1.807) is 0 Å². The molecule has 2 fully saturated rings. The fraction of sp³-hybridized carbons (Fsp3) is 0.950. The van der Waals surface area contributed by atoms with Gasteiger partial charge in [0.25, 0.3) is 0 Å². The molecule has 1 spiro atoms. The zero-order valence-corrected chi connectivity index (χ0v) is 16.9. The highest BCUT2D eigenvalue weighted by atomic mass is 16.8. The highest BCUT2D eigenvalue weighted by Gasteiger charge is 2.49. The van der Waals surface area contributed by atoms with Gasteiger partial charge < -0.3 is 19.9 Å². The largest absolute Gasteiger partial charge is 0.462 e. The highest BCUT2D eigenvalue weighted by molar-refractivity contribution is 5.77. The quantitative estimate of drug-likeness (QED) is 0.760. The van der Waals surface area contributed by atoms with Crippen molar-refractivity contribution in [2.45, 2.75) is 97.5 Å². The van der Waals surface area contributed by atoms with Gasteiger partial charge in [0.05, 0.1) is 12.0 Å². The van der Waals surface area contributed by atoms with Gasteiger partial charge in [-0.3, -0.25) is 4.79 Å². The average molecular weight is 356 g/mol. The summed E-state index contributed by atoms with van der Waals surface area (Å²) in [4.78, 5) is 12.9. The van der Waals surface area contributed by atoms with Gasteiger partial charge in [0, 0.05) is 18.4 Å². The molecular formula is C20H37NO4. The molecule has 0 aromatic carbocycles. The van der Waals surface area contributed by atoms with Crippen molar-refractivity contribution in [1.82, 2.24) is 0 Å². The van der Waals surface area contributed by atoms with Crippen LogP contribution in [0.5, 0.6) is 0 Å². The summed E-state index contributed by atoms with van der Waals surface area (Å²) in [5.74, 6) is -0.631. The van der Waals surface area contributed by atoms with Crippen LogP contribution in [0.4, 0.5) is 0 Å². The molecule has 2 N–H and O–H groups in total. The summed E-state index contributed by atoms with van der Waals surface area (Å²) in [7, 11) is 0. The normalized spacial score (nSPS) is 26.4. The Labute approximate surface area is 153 Å². The van der Waals surface area contributed by atoms with Gasteiger partial charge in [-0.1, -0.05) is 27.2 Å². The molecule has 1 heterocycles. The van der Waals surface area contributed by atoms with Crippen LogP contribution in [0.2, 0.25) is 0 Å². The Hall–Kier alpha value is -0.650. The first-order chi connectivity index (χ1) is 11.4. The molecule has 1 aliphatic carbocycles. The number of hydrogen-bond acceptors (Lipinski definition) is 5. The van der Waals surface area contributed by atoms with Gasteiger partial charge in [-0.25, -0.2) is 0 Å². The van der Waals surface area contributed by atoms with Crippen LogP contribution < -0.4 is 5.73 Å². The van der Waals surface area contributed by atoms with Crippen LogP contribution >= 0.6 is 0 Å². The molecule has 5 heteroatoms. The smallest absolute Gasteiger partial charge is 0.312 e. The molecule has 2 atom stereocenters. The summed E-state index contributed by atoms with van der Waals surface area (Å²) >= 11 is 0. The third-order valence-electron chi connectivity index (χ3n) is 5.84. The topological polar surface area (TPSA) is 70.8 Å². The summed E-state index contributed by atoms with van der Waals surface area (Å²) < 4.78 is 17.7. The van der Waals surface area contributed by atoms with E-state index in [9.17, 15) is 4.79 Å². The number of ether oxygens (including phenoxy) is 3. The Morgan fingerprint density at radius 1 is 1.12 bits per heavy atom. The molecule has 25 heavy (non-hydrogen) atoms. The molecule has 0 radical (unpaired) electrons. The van der Waals surface area contributed by atoms with Gasteiger partial charge >= 0.3 is 5.97 Å². The maximum atomic E-state index is 12.9. The summed E-state index contributed by atoms with van der Waals surface area (Å²) in [6.45, 7) is 12.8. The van der Waals surface area contributed by atoms with Crippen LogP contribution in [-0.4, -0.2) is 36.6 Å². The minimum Gasteiger partial charge on any atom is -0.462 e. The zero-order valence-electron chi connectivity index (χ0n) is 16.9. The number of esters is 1. The Morgan fingerprint density at radius 3 is 2.24 bits per heavy atom. The van der Waals surface area contributed by atoms with E-state index in [4.69, 9.17) is 19.9 Å². The highest BCUT2D eigenvalue weighted by Crippen LogP contribution is 2.45. The van der Waals surface area contributed by atoms with Crippen molar-refractivity contribution in [1.29, 1.82) is 0 Å². The molecule has 1 aliphatic heterocycles. The van der Waals surface area contributed by atoms with Crippen LogP contribution in [-0.2, 0) is 19.0 Å². The fourth-order valence-electron chi connectivity index (χ4n) is 3.93. The zero-order chi connectivity index (χ0) is 18.9.